The van der Waals surface area contributed by atoms with E-state index >= 15 is 0 Å². The molecule has 1 aliphatic heterocycles. The maximum Gasteiger partial charge on any atom is 0.418 e. The van der Waals surface area contributed by atoms with Crippen molar-refractivity contribution < 1.29 is 13.2 Å². The summed E-state index contributed by atoms with van der Waals surface area (Å²) in [6, 6.07) is 5.82. The van der Waals surface area contributed by atoms with E-state index in [-0.39, 0.29) is 11.4 Å². The van der Waals surface area contributed by atoms with Crippen LogP contribution in [0.25, 0.3) is 22.4 Å². The number of nitrogens with two attached hydrogens (primary N) is 1. The number of aromatic amines is 1. The Labute approximate surface area is 147 Å². The van der Waals surface area contributed by atoms with Gasteiger partial charge in [0.05, 0.1) is 5.56 Å². The molecule has 136 valence electrons. The van der Waals surface area contributed by atoms with E-state index in [2.05, 4.69) is 20.2 Å². The fourth-order valence-electron chi connectivity index (χ4n) is 3.30. The van der Waals surface area contributed by atoms with Gasteiger partial charge >= 0.3 is 6.18 Å². The zero-order valence-corrected chi connectivity index (χ0v) is 13.8. The van der Waals surface area contributed by atoms with Crippen molar-refractivity contribution in [3.8, 4) is 11.4 Å². The van der Waals surface area contributed by atoms with Gasteiger partial charge in [0.2, 0.25) is 0 Å². The van der Waals surface area contributed by atoms with Gasteiger partial charge in [-0.3, -0.25) is 5.10 Å². The molecule has 0 amide bonds. The van der Waals surface area contributed by atoms with Gasteiger partial charge < -0.3 is 10.6 Å². The van der Waals surface area contributed by atoms with Crippen LogP contribution in [0, 0.1) is 5.92 Å². The van der Waals surface area contributed by atoms with Crippen LogP contribution in [0.15, 0.2) is 30.5 Å². The number of aromatic nitrogens is 4. The van der Waals surface area contributed by atoms with Crippen LogP contribution in [0.4, 0.5) is 19.0 Å². The summed E-state index contributed by atoms with van der Waals surface area (Å²) >= 11 is 0. The van der Waals surface area contributed by atoms with Gasteiger partial charge in [-0.15, -0.1) is 0 Å². The van der Waals surface area contributed by atoms with E-state index in [1.165, 1.54) is 6.07 Å². The Kier molecular flexibility index (Phi) is 4.03. The summed E-state index contributed by atoms with van der Waals surface area (Å²) in [5.74, 6) is 0.835. The lowest BCUT2D eigenvalue weighted by Crippen LogP contribution is -2.24. The van der Waals surface area contributed by atoms with Crippen LogP contribution in [0.3, 0.4) is 0 Å². The van der Waals surface area contributed by atoms with Gasteiger partial charge in [0.1, 0.15) is 17.2 Å². The predicted molar refractivity (Wildman–Crippen MR) is 91.5 cm³/mol. The minimum Gasteiger partial charge on any atom is -0.356 e. The second-order valence-corrected chi connectivity index (χ2v) is 6.37. The molecular weight excluding hydrogens is 345 g/mol. The highest BCUT2D eigenvalue weighted by molar-refractivity contribution is 5.90. The monoisotopic (exact) mass is 362 g/mol. The summed E-state index contributed by atoms with van der Waals surface area (Å²) in [6.45, 7) is 1.97. The number of alkyl halides is 3. The molecule has 0 aliphatic carbocycles. The number of nitrogens with zero attached hydrogens (tertiary/aromatic N) is 4. The highest BCUT2D eigenvalue weighted by Gasteiger charge is 2.36. The molecule has 0 unspecified atom stereocenters. The first-order chi connectivity index (χ1) is 12.5. The van der Waals surface area contributed by atoms with Crippen molar-refractivity contribution in [3.05, 3.63) is 36.0 Å². The molecule has 1 fully saturated rings. The molecule has 0 bridgehead atoms. The molecule has 3 aromatic rings. The van der Waals surface area contributed by atoms with Crippen molar-refractivity contribution in [2.75, 3.05) is 24.5 Å². The Morgan fingerprint density at radius 1 is 1.23 bits per heavy atom. The quantitative estimate of drug-likeness (QED) is 0.749. The summed E-state index contributed by atoms with van der Waals surface area (Å²) in [4.78, 5) is 10.4. The summed E-state index contributed by atoms with van der Waals surface area (Å²) < 4.78 is 40.6. The maximum absolute atomic E-state index is 13.5. The number of halogens is 3. The molecule has 26 heavy (non-hydrogen) atoms. The lowest BCUT2D eigenvalue weighted by atomic mass is 10.1. The topological polar surface area (TPSA) is 83.7 Å². The van der Waals surface area contributed by atoms with Crippen LogP contribution in [0.1, 0.15) is 12.0 Å². The zero-order chi connectivity index (χ0) is 18.3. The van der Waals surface area contributed by atoms with Crippen molar-refractivity contribution >= 4 is 16.9 Å². The number of rotatable bonds is 3. The molecule has 0 spiro atoms. The Bertz CT molecular complexity index is 936. The lowest BCUT2D eigenvalue weighted by molar-refractivity contribution is -0.137. The van der Waals surface area contributed by atoms with Crippen LogP contribution in [-0.2, 0) is 6.18 Å². The molecule has 4 heterocycles. The number of fused-ring (bicyclic) bond motifs is 1. The van der Waals surface area contributed by atoms with E-state index < -0.39 is 11.7 Å². The number of hydrogen-bond acceptors (Lipinski definition) is 5. The minimum atomic E-state index is -4.53. The molecule has 1 aliphatic rings. The molecule has 3 N–H and O–H groups in total. The third kappa shape index (κ3) is 2.88. The predicted octanol–water partition coefficient (Wildman–Crippen LogP) is 2.82. The van der Waals surface area contributed by atoms with E-state index in [4.69, 9.17) is 5.73 Å². The number of nitrogens with one attached hydrogen (secondary N) is 1. The first kappa shape index (κ1) is 16.8. The molecule has 0 radical (unpaired) electrons. The fourth-order valence-corrected chi connectivity index (χ4v) is 3.30. The summed E-state index contributed by atoms with van der Waals surface area (Å²) in [6.07, 6.45) is -2.07. The van der Waals surface area contributed by atoms with Gasteiger partial charge in [0, 0.05) is 24.7 Å². The van der Waals surface area contributed by atoms with Gasteiger partial charge in [-0.25, -0.2) is 9.97 Å². The second-order valence-electron chi connectivity index (χ2n) is 6.37. The Hall–Kier alpha value is -2.68. The first-order valence-corrected chi connectivity index (χ1v) is 8.30. The third-order valence-electron chi connectivity index (χ3n) is 4.69. The smallest absolute Gasteiger partial charge is 0.356 e. The van der Waals surface area contributed by atoms with Crippen molar-refractivity contribution in [3.63, 3.8) is 0 Å². The molecular formula is C17H17F3N6. The highest BCUT2D eigenvalue weighted by atomic mass is 19.4. The molecule has 3 aromatic heterocycles. The molecule has 9 heteroatoms. The van der Waals surface area contributed by atoms with Crippen molar-refractivity contribution in [1.82, 2.24) is 20.2 Å². The second kappa shape index (κ2) is 6.24. The molecule has 6 nitrogen and oxygen atoms in total. The molecule has 0 aromatic carbocycles. The van der Waals surface area contributed by atoms with Crippen molar-refractivity contribution in [1.29, 1.82) is 0 Å². The SMILES string of the molecule is NC[C@@H]1CCN(c2ccc(C(F)(F)F)c(-c3n[nH]c4ncccc34)n2)C1. The van der Waals surface area contributed by atoms with Crippen LogP contribution in [0.5, 0.6) is 0 Å². The standard InChI is InChI=1S/C17H17F3N6/c18-17(19,20)12-3-4-13(26-7-5-10(8-21)9-26)23-15(12)14-11-2-1-6-22-16(11)25-24-14/h1-4,6,10H,5,7-9,21H2,(H,22,24,25)/t10-/m0/s1. The van der Waals surface area contributed by atoms with Crippen LogP contribution in [-0.4, -0.2) is 39.8 Å². The average Bonchev–Trinajstić information content (AvgIpc) is 3.27. The van der Waals surface area contributed by atoms with E-state index in [1.54, 1.807) is 18.3 Å². The van der Waals surface area contributed by atoms with Crippen LogP contribution in [0.2, 0.25) is 0 Å². The third-order valence-corrected chi connectivity index (χ3v) is 4.69. The molecule has 1 saturated heterocycles. The van der Waals surface area contributed by atoms with Crippen LogP contribution < -0.4 is 10.6 Å². The van der Waals surface area contributed by atoms with Crippen molar-refractivity contribution in [2.24, 2.45) is 11.7 Å². The van der Waals surface area contributed by atoms with Gasteiger partial charge in [-0.2, -0.15) is 18.3 Å². The first-order valence-electron chi connectivity index (χ1n) is 8.30. The Morgan fingerprint density at radius 3 is 2.81 bits per heavy atom. The number of hydrogen-bond donors (Lipinski definition) is 2. The largest absolute Gasteiger partial charge is 0.418 e. The summed E-state index contributed by atoms with van der Waals surface area (Å²) in [5.41, 5.74) is 5.28. The minimum absolute atomic E-state index is 0.150. The summed E-state index contributed by atoms with van der Waals surface area (Å²) in [7, 11) is 0. The van der Waals surface area contributed by atoms with Crippen LogP contribution >= 0.6 is 0 Å². The molecule has 4 rings (SSSR count). The number of pyridine rings is 2. The van der Waals surface area contributed by atoms with Crippen molar-refractivity contribution in [2.45, 2.75) is 12.6 Å². The van der Waals surface area contributed by atoms with E-state index in [0.29, 0.717) is 35.9 Å². The lowest BCUT2D eigenvalue weighted by Gasteiger charge is -2.20. The normalized spacial score (nSPS) is 18.0. The maximum atomic E-state index is 13.5. The van der Waals surface area contributed by atoms with E-state index in [0.717, 1.165) is 19.0 Å². The summed E-state index contributed by atoms with van der Waals surface area (Å²) in [5, 5.41) is 7.23. The number of H-pyrrole nitrogens is 1. The fraction of sp³-hybridized carbons (Fsp3) is 0.353. The van der Waals surface area contributed by atoms with E-state index in [9.17, 15) is 13.2 Å². The van der Waals surface area contributed by atoms with E-state index in [1.807, 2.05) is 4.90 Å². The molecule has 1 atom stereocenters. The Morgan fingerprint density at radius 2 is 2.08 bits per heavy atom. The molecule has 0 saturated carbocycles. The average molecular weight is 362 g/mol. The zero-order valence-electron chi connectivity index (χ0n) is 13.8. The van der Waals surface area contributed by atoms with Gasteiger partial charge in [0.25, 0.3) is 0 Å². The van der Waals surface area contributed by atoms with Gasteiger partial charge in [0.15, 0.2) is 5.65 Å². The Balaban J connectivity index is 1.84. The van der Waals surface area contributed by atoms with Gasteiger partial charge in [-0.1, -0.05) is 0 Å². The highest BCUT2D eigenvalue weighted by Crippen LogP contribution is 2.38. The number of anilines is 1. The van der Waals surface area contributed by atoms with Gasteiger partial charge in [-0.05, 0) is 43.1 Å².